The van der Waals surface area contributed by atoms with Crippen molar-refractivity contribution in [1.82, 2.24) is 19.5 Å². The SMILES string of the molecule is c1ccc(-n2c3cc(-c4cccc(-c5cccnc5)c4)ccc3c3ccc4cc(-c5cncc(-c6cccnc6)c5)ccc4c32)cc1. The van der Waals surface area contributed by atoms with E-state index >= 15 is 0 Å². The minimum absolute atomic E-state index is 1.05. The van der Waals surface area contributed by atoms with Crippen LogP contribution in [0.15, 0.2) is 171 Å². The topological polar surface area (TPSA) is 43.6 Å². The zero-order chi connectivity index (χ0) is 31.2. The molecule has 9 rings (SSSR count). The minimum Gasteiger partial charge on any atom is -0.309 e. The number of nitrogens with zero attached hydrogens (tertiary/aromatic N) is 4. The van der Waals surface area contributed by atoms with Gasteiger partial charge in [-0.15, -0.1) is 0 Å². The summed E-state index contributed by atoms with van der Waals surface area (Å²) in [7, 11) is 0. The predicted octanol–water partition coefficient (Wildman–Crippen LogP) is 10.8. The van der Waals surface area contributed by atoms with Gasteiger partial charge < -0.3 is 4.57 Å². The van der Waals surface area contributed by atoms with Crippen molar-refractivity contribution in [3.05, 3.63) is 171 Å². The molecule has 0 bridgehead atoms. The summed E-state index contributed by atoms with van der Waals surface area (Å²) in [6.45, 7) is 0. The fourth-order valence-electron chi connectivity index (χ4n) is 6.74. The average Bonchev–Trinajstić information content (AvgIpc) is 3.50. The van der Waals surface area contributed by atoms with Gasteiger partial charge in [0.2, 0.25) is 0 Å². The first-order chi connectivity index (χ1) is 23.3. The summed E-state index contributed by atoms with van der Waals surface area (Å²) < 4.78 is 2.42. The second-order valence-corrected chi connectivity index (χ2v) is 11.8. The summed E-state index contributed by atoms with van der Waals surface area (Å²) in [4.78, 5) is 13.2. The lowest BCUT2D eigenvalue weighted by atomic mass is 9.98. The molecular formula is C43H28N4. The van der Waals surface area contributed by atoms with Crippen LogP contribution in [0.5, 0.6) is 0 Å². The molecule has 0 saturated carbocycles. The van der Waals surface area contributed by atoms with Gasteiger partial charge in [-0.05, 0) is 76.2 Å². The van der Waals surface area contributed by atoms with Crippen LogP contribution in [0.2, 0.25) is 0 Å². The largest absolute Gasteiger partial charge is 0.309 e. The highest BCUT2D eigenvalue weighted by Gasteiger charge is 2.17. The molecule has 0 spiro atoms. The number of para-hydroxylation sites is 1. The van der Waals surface area contributed by atoms with Crippen molar-refractivity contribution in [3.63, 3.8) is 0 Å². The molecule has 0 aliphatic rings. The van der Waals surface area contributed by atoms with Gasteiger partial charge in [0.05, 0.1) is 11.0 Å². The van der Waals surface area contributed by atoms with E-state index in [2.05, 4.69) is 141 Å². The van der Waals surface area contributed by atoms with Crippen molar-refractivity contribution in [3.8, 4) is 50.2 Å². The van der Waals surface area contributed by atoms with Crippen molar-refractivity contribution in [2.75, 3.05) is 0 Å². The summed E-state index contributed by atoms with van der Waals surface area (Å²) in [5, 5.41) is 4.87. The molecule has 220 valence electrons. The lowest BCUT2D eigenvalue weighted by Crippen LogP contribution is -1.94. The van der Waals surface area contributed by atoms with Gasteiger partial charge >= 0.3 is 0 Å². The third-order valence-corrected chi connectivity index (χ3v) is 9.02. The van der Waals surface area contributed by atoms with E-state index in [-0.39, 0.29) is 0 Å². The van der Waals surface area contributed by atoms with Crippen LogP contribution in [0.25, 0.3) is 82.8 Å². The Bertz CT molecular complexity index is 2550. The Morgan fingerprint density at radius 3 is 1.68 bits per heavy atom. The zero-order valence-corrected chi connectivity index (χ0v) is 25.5. The lowest BCUT2D eigenvalue weighted by Gasteiger charge is -2.12. The number of aromatic nitrogens is 4. The van der Waals surface area contributed by atoms with E-state index in [1.807, 2.05) is 43.1 Å². The van der Waals surface area contributed by atoms with Crippen LogP contribution >= 0.6 is 0 Å². The maximum Gasteiger partial charge on any atom is 0.0619 e. The molecule has 0 unspecified atom stereocenters. The molecule has 4 heteroatoms. The van der Waals surface area contributed by atoms with Gasteiger partial charge in [-0.1, -0.05) is 84.9 Å². The number of rotatable bonds is 5. The van der Waals surface area contributed by atoms with Gasteiger partial charge in [-0.25, -0.2) is 0 Å². The van der Waals surface area contributed by atoms with E-state index in [1.165, 1.54) is 43.7 Å². The molecule has 0 radical (unpaired) electrons. The van der Waals surface area contributed by atoms with E-state index in [0.717, 1.165) is 39.1 Å². The van der Waals surface area contributed by atoms with Gasteiger partial charge in [0.25, 0.3) is 0 Å². The van der Waals surface area contributed by atoms with Crippen molar-refractivity contribution < 1.29 is 0 Å². The highest BCUT2D eigenvalue weighted by molar-refractivity contribution is 6.19. The molecule has 0 aliphatic heterocycles. The second kappa shape index (κ2) is 11.2. The van der Waals surface area contributed by atoms with E-state index in [9.17, 15) is 0 Å². The number of fused-ring (bicyclic) bond motifs is 5. The molecule has 5 aromatic carbocycles. The third kappa shape index (κ3) is 4.75. The van der Waals surface area contributed by atoms with E-state index in [4.69, 9.17) is 0 Å². The van der Waals surface area contributed by atoms with Gasteiger partial charge in [-0.2, -0.15) is 0 Å². The first-order valence-corrected chi connectivity index (χ1v) is 15.7. The molecule has 0 aliphatic carbocycles. The van der Waals surface area contributed by atoms with Crippen LogP contribution < -0.4 is 0 Å². The standard InChI is InChI=1S/C43H28N4/c1-2-11-38(12-3-1)47-42-24-32(29-7-4-8-30(21-29)34-9-5-19-44-25-34)14-17-40(42)41-18-15-33-22-31(13-16-39(33)43(41)47)36-23-37(28-46-27-36)35-10-6-20-45-26-35/h1-28H. The van der Waals surface area contributed by atoms with Gasteiger partial charge in [0.1, 0.15) is 0 Å². The average molecular weight is 601 g/mol. The zero-order valence-electron chi connectivity index (χ0n) is 25.5. The van der Waals surface area contributed by atoms with Crippen LogP contribution in [0.4, 0.5) is 0 Å². The monoisotopic (exact) mass is 600 g/mol. The molecule has 9 aromatic rings. The van der Waals surface area contributed by atoms with Gasteiger partial charge in [0.15, 0.2) is 0 Å². The fourth-order valence-corrected chi connectivity index (χ4v) is 6.74. The molecule has 4 heterocycles. The van der Waals surface area contributed by atoms with Crippen LogP contribution in [-0.4, -0.2) is 19.5 Å². The maximum absolute atomic E-state index is 4.57. The van der Waals surface area contributed by atoms with Crippen LogP contribution in [0, 0.1) is 0 Å². The molecule has 0 atom stereocenters. The molecule has 0 fully saturated rings. The Kier molecular flexibility index (Phi) is 6.43. The highest BCUT2D eigenvalue weighted by atomic mass is 15.0. The number of hydrogen-bond donors (Lipinski definition) is 0. The molecule has 4 aromatic heterocycles. The second-order valence-electron chi connectivity index (χ2n) is 11.8. The summed E-state index contributed by atoms with van der Waals surface area (Å²) in [5.74, 6) is 0. The van der Waals surface area contributed by atoms with Crippen molar-refractivity contribution in [2.45, 2.75) is 0 Å². The molecule has 4 nitrogen and oxygen atoms in total. The van der Waals surface area contributed by atoms with E-state index < -0.39 is 0 Å². The Morgan fingerprint density at radius 1 is 0.362 bits per heavy atom. The Hall–Kier alpha value is -6.39. The third-order valence-electron chi connectivity index (χ3n) is 9.02. The summed E-state index contributed by atoms with van der Waals surface area (Å²) in [6.07, 6.45) is 11.2. The first kappa shape index (κ1) is 27.0. The number of hydrogen-bond acceptors (Lipinski definition) is 3. The maximum atomic E-state index is 4.57. The summed E-state index contributed by atoms with van der Waals surface area (Å²) in [6, 6.07) is 47.8. The lowest BCUT2D eigenvalue weighted by molar-refractivity contribution is 1.19. The van der Waals surface area contributed by atoms with Crippen molar-refractivity contribution in [2.24, 2.45) is 0 Å². The van der Waals surface area contributed by atoms with Gasteiger partial charge in [-0.3, -0.25) is 15.0 Å². The Labute approximate surface area is 272 Å². The van der Waals surface area contributed by atoms with Crippen molar-refractivity contribution in [1.29, 1.82) is 0 Å². The summed E-state index contributed by atoms with van der Waals surface area (Å²) in [5.41, 5.74) is 12.5. The fraction of sp³-hybridized carbons (Fsp3) is 0. The van der Waals surface area contributed by atoms with Crippen LogP contribution in [0.3, 0.4) is 0 Å². The van der Waals surface area contributed by atoms with Crippen molar-refractivity contribution >= 4 is 32.6 Å². The van der Waals surface area contributed by atoms with E-state index in [1.54, 1.807) is 6.20 Å². The molecule has 47 heavy (non-hydrogen) atoms. The number of pyridine rings is 3. The molecule has 0 amide bonds. The predicted molar refractivity (Wildman–Crippen MR) is 193 cm³/mol. The first-order valence-electron chi connectivity index (χ1n) is 15.7. The molecular weight excluding hydrogens is 573 g/mol. The number of benzene rings is 5. The Morgan fingerprint density at radius 2 is 0.936 bits per heavy atom. The normalized spacial score (nSPS) is 11.4. The minimum atomic E-state index is 1.05. The summed E-state index contributed by atoms with van der Waals surface area (Å²) >= 11 is 0. The van der Waals surface area contributed by atoms with Crippen LogP contribution in [0.1, 0.15) is 0 Å². The Balaban J connectivity index is 1.23. The van der Waals surface area contributed by atoms with E-state index in [0.29, 0.717) is 0 Å². The molecule has 0 saturated heterocycles. The quantitative estimate of drug-likeness (QED) is 0.197. The van der Waals surface area contributed by atoms with Gasteiger partial charge in [0, 0.05) is 81.3 Å². The highest BCUT2D eigenvalue weighted by Crippen LogP contribution is 2.40. The van der Waals surface area contributed by atoms with Crippen LogP contribution in [-0.2, 0) is 0 Å². The smallest absolute Gasteiger partial charge is 0.0619 e. The molecule has 0 N–H and O–H groups in total.